The molecule has 0 aliphatic rings. The Balaban J connectivity index is 0.00000208. The molecular weight excluding hydrogens is 367 g/mol. The second kappa shape index (κ2) is 8.86. The van der Waals surface area contributed by atoms with Crippen LogP contribution in [0.1, 0.15) is 57.1 Å². The average molecular weight is 395 g/mol. The molecule has 0 N–H and O–H groups in total. The van der Waals surface area contributed by atoms with Crippen LogP contribution in [0.2, 0.25) is 0 Å². The van der Waals surface area contributed by atoms with Crippen LogP contribution in [-0.4, -0.2) is 0 Å². The SMILES string of the molecule is CCCCCc1ccc(-c2cccc3[cH-]c(C(C)C)cc23)cc1.[Zr]. The van der Waals surface area contributed by atoms with E-state index in [1.165, 1.54) is 58.7 Å². The Morgan fingerprint density at radius 1 is 0.958 bits per heavy atom. The summed E-state index contributed by atoms with van der Waals surface area (Å²) in [6, 6.07) is 20.5. The van der Waals surface area contributed by atoms with Gasteiger partial charge in [0.2, 0.25) is 0 Å². The summed E-state index contributed by atoms with van der Waals surface area (Å²) in [4.78, 5) is 0. The average Bonchev–Trinajstić information content (AvgIpc) is 3.00. The van der Waals surface area contributed by atoms with E-state index in [-0.39, 0.29) is 26.2 Å². The molecule has 0 unspecified atom stereocenters. The Kier molecular flexibility index (Phi) is 7.11. The minimum Gasteiger partial charge on any atom is -0.164 e. The molecule has 0 saturated heterocycles. The van der Waals surface area contributed by atoms with E-state index in [1.807, 2.05) is 0 Å². The van der Waals surface area contributed by atoms with Crippen LogP contribution in [0.15, 0.2) is 54.6 Å². The minimum absolute atomic E-state index is 0. The van der Waals surface area contributed by atoms with E-state index in [2.05, 4.69) is 75.4 Å². The van der Waals surface area contributed by atoms with Crippen molar-refractivity contribution < 1.29 is 26.2 Å². The quantitative estimate of drug-likeness (QED) is 0.309. The smallest absolute Gasteiger partial charge is 0 e. The monoisotopic (exact) mass is 393 g/mol. The van der Waals surface area contributed by atoms with Crippen LogP contribution in [0.4, 0.5) is 0 Å². The molecule has 0 aliphatic heterocycles. The van der Waals surface area contributed by atoms with Crippen molar-refractivity contribution >= 4 is 10.8 Å². The van der Waals surface area contributed by atoms with E-state index in [1.54, 1.807) is 0 Å². The predicted molar refractivity (Wildman–Crippen MR) is 102 cm³/mol. The van der Waals surface area contributed by atoms with Gasteiger partial charge in [-0.05, 0) is 29.9 Å². The fraction of sp³-hybridized carbons (Fsp3) is 0.348. The summed E-state index contributed by atoms with van der Waals surface area (Å²) in [5, 5.41) is 2.74. The van der Waals surface area contributed by atoms with Gasteiger partial charge < -0.3 is 0 Å². The van der Waals surface area contributed by atoms with Gasteiger partial charge in [0.1, 0.15) is 0 Å². The number of rotatable bonds is 6. The van der Waals surface area contributed by atoms with Gasteiger partial charge in [0.15, 0.2) is 0 Å². The van der Waals surface area contributed by atoms with E-state index in [0.29, 0.717) is 5.92 Å². The molecule has 0 spiro atoms. The van der Waals surface area contributed by atoms with E-state index >= 15 is 0 Å². The maximum Gasteiger partial charge on any atom is 0 e. The molecular formula is C23H27Zr-. The van der Waals surface area contributed by atoms with Gasteiger partial charge in [0.05, 0.1) is 0 Å². The summed E-state index contributed by atoms with van der Waals surface area (Å²) in [5.41, 5.74) is 5.58. The largest absolute Gasteiger partial charge is 0.164 e. The number of hydrogen-bond donors (Lipinski definition) is 0. The van der Waals surface area contributed by atoms with Crippen LogP contribution < -0.4 is 0 Å². The first-order valence-corrected chi connectivity index (χ1v) is 8.97. The summed E-state index contributed by atoms with van der Waals surface area (Å²) < 4.78 is 0. The van der Waals surface area contributed by atoms with Crippen LogP contribution >= 0.6 is 0 Å². The van der Waals surface area contributed by atoms with E-state index in [0.717, 1.165) is 0 Å². The van der Waals surface area contributed by atoms with Gasteiger partial charge >= 0.3 is 0 Å². The third-order valence-electron chi connectivity index (χ3n) is 4.77. The summed E-state index contributed by atoms with van der Waals surface area (Å²) in [6.07, 6.45) is 5.11. The van der Waals surface area contributed by atoms with Crippen molar-refractivity contribution in [2.24, 2.45) is 0 Å². The number of hydrogen-bond acceptors (Lipinski definition) is 0. The Bertz CT molecular complexity index is 762. The van der Waals surface area contributed by atoms with Gasteiger partial charge in [0.25, 0.3) is 0 Å². The number of aryl methyl sites for hydroxylation is 1. The molecule has 0 saturated carbocycles. The molecule has 124 valence electrons. The van der Waals surface area contributed by atoms with Gasteiger partial charge in [-0.2, -0.15) is 6.07 Å². The summed E-state index contributed by atoms with van der Waals surface area (Å²) >= 11 is 0. The first kappa shape index (κ1) is 19.3. The molecule has 0 bridgehead atoms. The van der Waals surface area contributed by atoms with E-state index in [9.17, 15) is 0 Å². The zero-order valence-electron chi connectivity index (χ0n) is 15.1. The fourth-order valence-electron chi connectivity index (χ4n) is 3.27. The Labute approximate surface area is 165 Å². The van der Waals surface area contributed by atoms with Gasteiger partial charge in [0, 0.05) is 26.2 Å². The van der Waals surface area contributed by atoms with Crippen molar-refractivity contribution in [3.63, 3.8) is 0 Å². The Hall–Kier alpha value is -1.07. The summed E-state index contributed by atoms with van der Waals surface area (Å²) in [7, 11) is 0. The van der Waals surface area contributed by atoms with Crippen LogP contribution in [0.3, 0.4) is 0 Å². The maximum atomic E-state index is 2.37. The first-order valence-electron chi connectivity index (χ1n) is 8.97. The number of benzene rings is 2. The predicted octanol–water partition coefficient (Wildman–Crippen LogP) is 7.08. The third-order valence-corrected chi connectivity index (χ3v) is 4.77. The summed E-state index contributed by atoms with van der Waals surface area (Å²) in [6.45, 7) is 6.78. The maximum absolute atomic E-state index is 2.37. The second-order valence-electron chi connectivity index (χ2n) is 6.91. The Morgan fingerprint density at radius 3 is 2.38 bits per heavy atom. The molecule has 0 nitrogen and oxygen atoms in total. The molecule has 24 heavy (non-hydrogen) atoms. The molecule has 0 heterocycles. The molecule has 3 aromatic carbocycles. The molecule has 0 radical (unpaired) electrons. The van der Waals surface area contributed by atoms with Crippen molar-refractivity contribution in [2.75, 3.05) is 0 Å². The van der Waals surface area contributed by atoms with Crippen molar-refractivity contribution in [2.45, 2.75) is 52.4 Å². The third kappa shape index (κ3) is 4.31. The van der Waals surface area contributed by atoms with Gasteiger partial charge in [-0.3, -0.25) is 0 Å². The molecule has 0 fully saturated rings. The van der Waals surface area contributed by atoms with E-state index in [4.69, 9.17) is 0 Å². The first-order chi connectivity index (χ1) is 11.2. The van der Waals surface area contributed by atoms with Gasteiger partial charge in [-0.25, -0.2) is 0 Å². The summed E-state index contributed by atoms with van der Waals surface area (Å²) in [5.74, 6) is 0.580. The molecule has 0 amide bonds. The molecule has 0 aromatic heterocycles. The van der Waals surface area contributed by atoms with Crippen LogP contribution in [0.25, 0.3) is 21.9 Å². The van der Waals surface area contributed by atoms with Crippen LogP contribution in [-0.2, 0) is 32.6 Å². The van der Waals surface area contributed by atoms with Crippen molar-refractivity contribution in [3.8, 4) is 11.1 Å². The zero-order chi connectivity index (χ0) is 16.2. The van der Waals surface area contributed by atoms with Crippen LogP contribution in [0.5, 0.6) is 0 Å². The Morgan fingerprint density at radius 2 is 1.71 bits per heavy atom. The fourth-order valence-corrected chi connectivity index (χ4v) is 3.27. The zero-order valence-corrected chi connectivity index (χ0v) is 17.6. The normalized spacial score (nSPS) is 11.0. The van der Waals surface area contributed by atoms with Crippen molar-refractivity contribution in [1.29, 1.82) is 0 Å². The van der Waals surface area contributed by atoms with Gasteiger partial charge in [-0.1, -0.05) is 69.5 Å². The molecule has 1 heteroatoms. The van der Waals surface area contributed by atoms with E-state index < -0.39 is 0 Å². The number of fused-ring (bicyclic) bond motifs is 1. The van der Waals surface area contributed by atoms with Crippen molar-refractivity contribution in [1.82, 2.24) is 0 Å². The van der Waals surface area contributed by atoms with Crippen LogP contribution in [0, 0.1) is 0 Å². The molecule has 3 rings (SSSR count). The standard InChI is InChI=1S/C23H27.Zr/c1-4-5-6-8-18-11-13-19(14-12-18)22-10-7-9-20-15-21(17(2)3)16-23(20)22;/h7,9-17H,4-6,8H2,1-3H3;/q-1;. The molecule has 0 atom stereocenters. The molecule has 3 aromatic rings. The minimum atomic E-state index is 0. The van der Waals surface area contributed by atoms with Crippen molar-refractivity contribution in [3.05, 3.63) is 65.7 Å². The topological polar surface area (TPSA) is 0 Å². The second-order valence-corrected chi connectivity index (χ2v) is 6.91. The number of unbranched alkanes of at least 4 members (excludes halogenated alkanes) is 2. The van der Waals surface area contributed by atoms with Gasteiger partial charge in [-0.15, -0.1) is 34.5 Å². The molecule has 0 aliphatic carbocycles.